The highest BCUT2D eigenvalue weighted by atomic mass is 19.1. The van der Waals surface area contributed by atoms with Crippen LogP contribution in [0.3, 0.4) is 0 Å². The van der Waals surface area contributed by atoms with E-state index in [1.807, 2.05) is 6.92 Å². The molecule has 3 N–H and O–H groups in total. The molecule has 0 aliphatic heterocycles. The molecule has 4 aliphatic rings. The average molecular weight is 643 g/mol. The van der Waals surface area contributed by atoms with E-state index in [2.05, 4.69) is 0 Å². The number of fused-ring (bicyclic) bond motifs is 5. The van der Waals surface area contributed by atoms with Gasteiger partial charge in [0.05, 0.1) is 6.10 Å². The molecule has 0 saturated heterocycles. The highest BCUT2D eigenvalue weighted by Gasteiger charge is 2.77. The monoisotopic (exact) mass is 642 g/mol. The fourth-order valence-corrected chi connectivity index (χ4v) is 8.66. The molecule has 8 atom stereocenters. The van der Waals surface area contributed by atoms with Crippen LogP contribution in [0.15, 0.2) is 48.1 Å². The molecule has 0 radical (unpaired) electrons. The molecule has 3 fully saturated rings. The van der Waals surface area contributed by atoms with Crippen molar-refractivity contribution in [2.75, 3.05) is 6.61 Å². The van der Waals surface area contributed by atoms with E-state index in [4.69, 9.17) is 19.7 Å². The van der Waals surface area contributed by atoms with E-state index in [0.29, 0.717) is 24.8 Å². The van der Waals surface area contributed by atoms with Crippen molar-refractivity contribution in [1.82, 2.24) is 0 Å². The Kier molecular flexibility index (Phi) is 9.69. The van der Waals surface area contributed by atoms with E-state index in [9.17, 15) is 29.1 Å². The van der Waals surface area contributed by atoms with E-state index in [1.54, 1.807) is 45.9 Å². The molecule has 1 aromatic rings. The number of rotatable bonds is 7. The minimum atomic E-state index is -2.05. The van der Waals surface area contributed by atoms with Gasteiger partial charge in [0, 0.05) is 35.5 Å². The maximum Gasteiger partial charge on any atom is 0.339 e. The van der Waals surface area contributed by atoms with Crippen LogP contribution in [0.2, 0.25) is 0 Å². The average Bonchev–Trinajstić information content (AvgIpc) is 3.23. The molecule has 3 saturated carbocycles. The summed E-state index contributed by atoms with van der Waals surface area (Å²) in [6, 6.07) is 5.81. The lowest BCUT2D eigenvalue weighted by atomic mass is 9.44. The Morgan fingerprint density at radius 2 is 1.70 bits per heavy atom. The van der Waals surface area contributed by atoms with Gasteiger partial charge in [-0.2, -0.15) is 0 Å². The van der Waals surface area contributed by atoms with Crippen LogP contribution >= 0.6 is 0 Å². The number of carboxylic acids is 1. The van der Waals surface area contributed by atoms with Gasteiger partial charge in [0.1, 0.15) is 11.3 Å². The standard InChI is InChI=1S/C28H37FO7.C7H6O3/c1-6-23(33)35-15-22(32)28(36-24(34)7-2)16(3)12-20-19-9-8-17-13-18(30)10-11-25(17,4)27(19,29)21(31)14-26(20,28)5;8-6-4-2-1-3-5(6)7(9)10/h10-11,13,16,19-21,31H,6-9,12,14-15H2,1-5H3;1-4,8H,(H,9,10)/t16-,19-,20+,21-,25-,26-,27+,28-;/m0./s1. The third-order valence-corrected chi connectivity index (χ3v) is 10.9. The number of ether oxygens (including phenoxy) is 2. The molecule has 0 aromatic heterocycles. The Hall–Kier alpha value is -3.86. The summed E-state index contributed by atoms with van der Waals surface area (Å²) in [6.07, 6.45) is 4.32. The van der Waals surface area contributed by atoms with Crippen molar-refractivity contribution < 1.29 is 53.2 Å². The minimum Gasteiger partial charge on any atom is -0.507 e. The number of carboxylic acid groups (broad SMARTS) is 1. The zero-order chi connectivity index (χ0) is 34.2. The molecule has 0 unspecified atom stereocenters. The number of halogens is 1. The summed E-state index contributed by atoms with van der Waals surface area (Å²) >= 11 is 0. The minimum absolute atomic E-state index is 0.0430. The maximum absolute atomic E-state index is 17.4. The number of hydrogen-bond donors (Lipinski definition) is 3. The molecule has 10 nitrogen and oxygen atoms in total. The topological polar surface area (TPSA) is 164 Å². The molecule has 4 aliphatic carbocycles. The molecule has 0 heterocycles. The van der Waals surface area contributed by atoms with Crippen molar-refractivity contribution in [1.29, 1.82) is 0 Å². The number of aliphatic hydroxyl groups is 1. The van der Waals surface area contributed by atoms with Crippen molar-refractivity contribution in [2.24, 2.45) is 28.6 Å². The Labute approximate surface area is 267 Å². The number of carbonyl (C=O) groups excluding carboxylic acids is 4. The molecule has 250 valence electrons. The van der Waals surface area contributed by atoms with E-state index < -0.39 is 70.3 Å². The Morgan fingerprint density at radius 3 is 2.28 bits per heavy atom. The Balaban J connectivity index is 0.000000409. The summed E-state index contributed by atoms with van der Waals surface area (Å²) in [5, 5.41) is 28.8. The van der Waals surface area contributed by atoms with Crippen LogP contribution in [0, 0.1) is 28.6 Å². The smallest absolute Gasteiger partial charge is 0.339 e. The summed E-state index contributed by atoms with van der Waals surface area (Å²) in [5.41, 5.74) is -5.33. The van der Waals surface area contributed by atoms with Crippen molar-refractivity contribution >= 4 is 29.5 Å². The number of benzene rings is 1. The highest BCUT2D eigenvalue weighted by molar-refractivity contribution is 6.01. The highest BCUT2D eigenvalue weighted by Crippen LogP contribution is 2.71. The number of Topliss-reactive ketones (excluding diaryl/α,β-unsaturated/α-hetero) is 1. The second kappa shape index (κ2) is 12.7. The second-order valence-electron chi connectivity index (χ2n) is 13.2. The molecular weight excluding hydrogens is 599 g/mol. The number of carbonyl (C=O) groups is 5. The molecule has 0 bridgehead atoms. The van der Waals surface area contributed by atoms with Gasteiger partial charge in [0.25, 0.3) is 0 Å². The van der Waals surface area contributed by atoms with Gasteiger partial charge in [0.15, 0.2) is 23.7 Å². The number of aromatic hydroxyl groups is 1. The number of para-hydroxylation sites is 1. The van der Waals surface area contributed by atoms with Gasteiger partial charge in [-0.1, -0.05) is 51.5 Å². The number of allylic oxidation sites excluding steroid dienone is 4. The lowest BCUT2D eigenvalue weighted by molar-refractivity contribution is -0.228. The number of esters is 2. The van der Waals surface area contributed by atoms with E-state index >= 15 is 4.39 Å². The normalized spacial score (nSPS) is 35.7. The van der Waals surface area contributed by atoms with Gasteiger partial charge in [-0.05, 0) is 62.8 Å². The van der Waals surface area contributed by atoms with Crippen molar-refractivity contribution in [3.05, 3.63) is 53.6 Å². The first-order valence-electron chi connectivity index (χ1n) is 15.8. The predicted octanol–water partition coefficient (Wildman–Crippen LogP) is 4.91. The van der Waals surface area contributed by atoms with Crippen LogP contribution in [0.5, 0.6) is 5.75 Å². The van der Waals surface area contributed by atoms with Gasteiger partial charge in [-0.3, -0.25) is 19.2 Å². The molecular formula is C35H43FO10. The van der Waals surface area contributed by atoms with Gasteiger partial charge >= 0.3 is 17.9 Å². The molecule has 1 aromatic carbocycles. The number of phenols is 1. The first-order chi connectivity index (χ1) is 21.5. The van der Waals surface area contributed by atoms with Crippen LogP contribution in [-0.4, -0.2) is 68.8 Å². The van der Waals surface area contributed by atoms with Crippen molar-refractivity contribution in [3.63, 3.8) is 0 Å². The van der Waals surface area contributed by atoms with Crippen molar-refractivity contribution in [3.8, 4) is 5.75 Å². The van der Waals surface area contributed by atoms with Gasteiger partial charge in [-0.15, -0.1) is 0 Å². The summed E-state index contributed by atoms with van der Waals surface area (Å²) in [6.45, 7) is 8.05. The first-order valence-corrected chi connectivity index (χ1v) is 15.8. The zero-order valence-corrected chi connectivity index (χ0v) is 26.9. The predicted molar refractivity (Wildman–Crippen MR) is 163 cm³/mol. The number of hydrogen-bond acceptors (Lipinski definition) is 9. The van der Waals surface area contributed by atoms with Gasteiger partial charge in [-0.25, -0.2) is 9.18 Å². The molecule has 46 heavy (non-hydrogen) atoms. The zero-order valence-electron chi connectivity index (χ0n) is 26.9. The summed E-state index contributed by atoms with van der Waals surface area (Å²) in [5.74, 6) is -4.62. The van der Waals surface area contributed by atoms with Crippen LogP contribution in [0.1, 0.15) is 83.5 Å². The summed E-state index contributed by atoms with van der Waals surface area (Å²) < 4.78 is 28.5. The number of aromatic carboxylic acids is 1. The van der Waals surface area contributed by atoms with Crippen molar-refractivity contribution in [2.45, 2.75) is 90.5 Å². The largest absolute Gasteiger partial charge is 0.507 e. The SMILES string of the molecule is CCC(=O)OCC(=O)[C@@]1(OC(=O)CC)[C@@H](C)C[C@@H]2[C@@H]3CCC4=CC(=O)C=C[C@]4(C)[C@]3(F)[C@@H](O)C[C@@]21C.O=C(O)c1ccccc1O. The molecule has 0 spiro atoms. The summed E-state index contributed by atoms with van der Waals surface area (Å²) in [4.78, 5) is 60.6. The fourth-order valence-electron chi connectivity index (χ4n) is 8.66. The third kappa shape index (κ3) is 5.36. The van der Waals surface area contributed by atoms with E-state index in [-0.39, 0.29) is 42.3 Å². The second-order valence-corrected chi connectivity index (χ2v) is 13.2. The Bertz CT molecular complexity index is 1480. The van der Waals surface area contributed by atoms with Gasteiger partial charge in [0.2, 0.25) is 5.78 Å². The molecule has 0 amide bonds. The number of aliphatic hydroxyl groups excluding tert-OH is 1. The fraction of sp³-hybridized carbons (Fsp3) is 0.571. The van der Waals surface area contributed by atoms with Crippen LogP contribution < -0.4 is 0 Å². The van der Waals surface area contributed by atoms with E-state index in [1.165, 1.54) is 24.3 Å². The van der Waals surface area contributed by atoms with Crippen LogP contribution in [0.4, 0.5) is 4.39 Å². The quantitative estimate of drug-likeness (QED) is 0.348. The maximum atomic E-state index is 17.4. The van der Waals surface area contributed by atoms with Crippen LogP contribution in [-0.2, 0) is 28.7 Å². The van der Waals surface area contributed by atoms with Crippen LogP contribution in [0.25, 0.3) is 0 Å². The number of alkyl halides is 1. The third-order valence-electron chi connectivity index (χ3n) is 10.9. The van der Waals surface area contributed by atoms with Gasteiger partial charge < -0.3 is 24.8 Å². The first kappa shape index (κ1) is 35.0. The summed E-state index contributed by atoms with van der Waals surface area (Å²) in [7, 11) is 0. The Morgan fingerprint density at radius 1 is 1.04 bits per heavy atom. The lowest BCUT2D eigenvalue weighted by Crippen LogP contribution is -2.70. The molecule has 11 heteroatoms. The van der Waals surface area contributed by atoms with E-state index in [0.717, 1.165) is 0 Å². The molecule has 5 rings (SSSR count). The number of ketones is 2. The lowest BCUT2D eigenvalue weighted by Gasteiger charge is -2.62.